The molecule has 29 heavy (non-hydrogen) atoms. The van der Waals surface area contributed by atoms with Gasteiger partial charge >= 0.3 is 12.0 Å². The Morgan fingerprint density at radius 1 is 1.07 bits per heavy atom. The molecule has 0 spiro atoms. The predicted octanol–water partition coefficient (Wildman–Crippen LogP) is 2.35. The number of hydrogen-bond donors (Lipinski definition) is 3. The largest absolute Gasteiger partial charge is 0.477 e. The van der Waals surface area contributed by atoms with Gasteiger partial charge in [-0.15, -0.1) is 4.80 Å². The van der Waals surface area contributed by atoms with E-state index in [2.05, 4.69) is 35.9 Å². The van der Waals surface area contributed by atoms with Gasteiger partial charge in [-0.3, -0.25) is 0 Å². The maximum absolute atomic E-state index is 12.3. The quantitative estimate of drug-likeness (QED) is 0.443. The van der Waals surface area contributed by atoms with Crippen molar-refractivity contribution in [2.45, 2.75) is 0 Å². The Morgan fingerprint density at radius 3 is 2.52 bits per heavy atom. The van der Waals surface area contributed by atoms with E-state index < -0.39 is 12.0 Å². The van der Waals surface area contributed by atoms with Crippen LogP contribution in [0, 0.1) is 0 Å². The summed E-state index contributed by atoms with van der Waals surface area (Å²) in [4.78, 5) is 33.2. The standard InChI is InChI=1S/C15H9Cl2N9O3/c16-8-3-7(4-18-12(8)26-19-1-2-20-26)22-15(29)23-9-5-21-25-6-10(17)24-13(25)11(9)14(27)28/h1-6H,(H,27,28)(H2,22,23,29). The van der Waals surface area contributed by atoms with Crippen LogP contribution < -0.4 is 10.6 Å². The SMILES string of the molecule is O=C(Nc1cnc(-n2nccn2)c(Cl)c1)Nc1cnn2cc(Cl)nc2c1C(=O)O. The summed E-state index contributed by atoms with van der Waals surface area (Å²) in [5.74, 6) is -1.03. The lowest BCUT2D eigenvalue weighted by Gasteiger charge is -2.11. The van der Waals surface area contributed by atoms with Crippen molar-refractivity contribution < 1.29 is 14.7 Å². The van der Waals surface area contributed by atoms with E-state index >= 15 is 0 Å². The first kappa shape index (κ1) is 18.6. The number of imidazole rings is 1. The smallest absolute Gasteiger partial charge is 0.341 e. The molecule has 0 aliphatic carbocycles. The van der Waals surface area contributed by atoms with E-state index in [1.165, 1.54) is 46.4 Å². The number of carboxylic acid groups (broad SMARTS) is 1. The van der Waals surface area contributed by atoms with Gasteiger partial charge in [-0.05, 0) is 6.07 Å². The van der Waals surface area contributed by atoms with E-state index in [0.29, 0.717) is 0 Å². The van der Waals surface area contributed by atoms with Crippen LogP contribution in [0.15, 0.2) is 37.1 Å². The number of nitrogens with zero attached hydrogens (tertiary/aromatic N) is 7. The Hall–Kier alpha value is -3.77. The van der Waals surface area contributed by atoms with Gasteiger partial charge in [0.05, 0.1) is 47.4 Å². The molecule has 3 N–H and O–H groups in total. The lowest BCUT2D eigenvalue weighted by molar-refractivity contribution is 0.0699. The molecule has 0 radical (unpaired) electrons. The van der Waals surface area contributed by atoms with E-state index in [4.69, 9.17) is 23.2 Å². The molecule has 0 saturated carbocycles. The highest BCUT2D eigenvalue weighted by Gasteiger charge is 2.20. The molecule has 14 heteroatoms. The molecule has 0 bridgehead atoms. The normalized spacial score (nSPS) is 10.8. The van der Waals surface area contributed by atoms with Crippen LogP contribution in [0.3, 0.4) is 0 Å². The minimum Gasteiger partial charge on any atom is -0.477 e. The van der Waals surface area contributed by atoms with Gasteiger partial charge < -0.3 is 15.7 Å². The Balaban J connectivity index is 1.57. The fraction of sp³-hybridized carbons (Fsp3) is 0. The van der Waals surface area contributed by atoms with Gasteiger partial charge in [-0.1, -0.05) is 23.2 Å². The molecule has 0 aliphatic rings. The number of aromatic nitrogens is 7. The fourth-order valence-corrected chi connectivity index (χ4v) is 2.88. The molecule has 0 unspecified atom stereocenters. The number of aromatic carboxylic acids is 1. The van der Waals surface area contributed by atoms with Gasteiger partial charge in [0.2, 0.25) is 0 Å². The second kappa shape index (κ2) is 7.33. The van der Waals surface area contributed by atoms with Gasteiger partial charge in [0.1, 0.15) is 10.7 Å². The molecule has 4 rings (SSSR count). The number of amides is 2. The predicted molar refractivity (Wildman–Crippen MR) is 102 cm³/mol. The Labute approximate surface area is 171 Å². The summed E-state index contributed by atoms with van der Waals surface area (Å²) in [6, 6.07) is 0.708. The van der Waals surface area contributed by atoms with E-state index in [-0.39, 0.29) is 38.6 Å². The second-order valence-corrected chi connectivity index (χ2v) is 6.29. The van der Waals surface area contributed by atoms with Crippen molar-refractivity contribution in [3.8, 4) is 5.82 Å². The molecule has 4 heterocycles. The number of halogens is 2. The number of nitrogens with one attached hydrogen (secondary N) is 2. The molecule has 0 atom stereocenters. The molecule has 0 fully saturated rings. The average Bonchev–Trinajstić information content (AvgIpc) is 3.30. The topological polar surface area (TPSA) is 152 Å². The van der Waals surface area contributed by atoms with Crippen molar-refractivity contribution in [1.82, 2.24) is 34.6 Å². The van der Waals surface area contributed by atoms with E-state index in [0.717, 1.165) is 0 Å². The minimum atomic E-state index is -1.31. The number of hydrogen-bond acceptors (Lipinski definition) is 7. The molecule has 0 aromatic carbocycles. The van der Waals surface area contributed by atoms with Gasteiger partial charge in [-0.25, -0.2) is 24.1 Å². The zero-order valence-electron chi connectivity index (χ0n) is 14.1. The van der Waals surface area contributed by atoms with Crippen molar-refractivity contribution in [2.75, 3.05) is 10.6 Å². The summed E-state index contributed by atoms with van der Waals surface area (Å²) in [5.41, 5.74) is -0.0845. The van der Waals surface area contributed by atoms with Crippen molar-refractivity contribution in [2.24, 2.45) is 0 Å². The van der Waals surface area contributed by atoms with Crippen LogP contribution >= 0.6 is 23.2 Å². The number of anilines is 2. The molecule has 0 saturated heterocycles. The Morgan fingerprint density at radius 2 is 1.83 bits per heavy atom. The third-order valence-corrected chi connectivity index (χ3v) is 4.07. The highest BCUT2D eigenvalue weighted by Crippen LogP contribution is 2.23. The molecule has 12 nitrogen and oxygen atoms in total. The first-order valence-corrected chi connectivity index (χ1v) is 8.55. The molecular weight excluding hydrogens is 425 g/mol. The van der Waals surface area contributed by atoms with Crippen LogP contribution in [-0.2, 0) is 0 Å². The van der Waals surface area contributed by atoms with Crippen molar-refractivity contribution in [1.29, 1.82) is 0 Å². The number of urea groups is 1. The van der Waals surface area contributed by atoms with Crippen LogP contribution in [0.5, 0.6) is 0 Å². The van der Waals surface area contributed by atoms with Gasteiger partial charge in [0, 0.05) is 0 Å². The summed E-state index contributed by atoms with van der Waals surface area (Å²) < 4.78 is 1.20. The number of carboxylic acids is 1. The van der Waals surface area contributed by atoms with Crippen LogP contribution in [0.4, 0.5) is 16.2 Å². The lowest BCUT2D eigenvalue weighted by atomic mass is 10.2. The van der Waals surface area contributed by atoms with E-state index in [9.17, 15) is 14.7 Å². The number of fused-ring (bicyclic) bond motifs is 1. The van der Waals surface area contributed by atoms with Crippen molar-refractivity contribution in [3.63, 3.8) is 0 Å². The van der Waals surface area contributed by atoms with Gasteiger partial charge in [0.25, 0.3) is 0 Å². The third kappa shape index (κ3) is 3.66. The minimum absolute atomic E-state index is 0.0129. The molecule has 2 amide bonds. The first-order chi connectivity index (χ1) is 13.9. The highest BCUT2D eigenvalue weighted by atomic mass is 35.5. The maximum atomic E-state index is 12.3. The van der Waals surface area contributed by atoms with Crippen LogP contribution in [0.2, 0.25) is 10.2 Å². The first-order valence-electron chi connectivity index (χ1n) is 7.80. The average molecular weight is 434 g/mol. The van der Waals surface area contributed by atoms with E-state index in [1.54, 1.807) is 0 Å². The van der Waals surface area contributed by atoms with Crippen molar-refractivity contribution >= 4 is 52.2 Å². The molecule has 4 aromatic heterocycles. The number of carbonyl (C=O) groups is 2. The number of rotatable bonds is 4. The number of carbonyl (C=O) groups excluding carboxylic acids is 1. The Bertz CT molecular complexity index is 1240. The van der Waals surface area contributed by atoms with Gasteiger partial charge in [0.15, 0.2) is 11.5 Å². The van der Waals surface area contributed by atoms with Crippen LogP contribution in [0.1, 0.15) is 10.4 Å². The summed E-state index contributed by atoms with van der Waals surface area (Å²) in [5, 5.41) is 26.5. The third-order valence-electron chi connectivity index (χ3n) is 3.61. The monoisotopic (exact) mass is 433 g/mol. The zero-order valence-corrected chi connectivity index (χ0v) is 15.6. The Kier molecular flexibility index (Phi) is 4.70. The van der Waals surface area contributed by atoms with Crippen LogP contribution in [0.25, 0.3) is 11.5 Å². The molecule has 0 aliphatic heterocycles. The summed E-state index contributed by atoms with van der Waals surface area (Å²) in [6.45, 7) is 0. The summed E-state index contributed by atoms with van der Waals surface area (Å²) >= 11 is 11.9. The van der Waals surface area contributed by atoms with E-state index in [1.807, 2.05) is 0 Å². The molecule has 146 valence electrons. The second-order valence-electron chi connectivity index (χ2n) is 5.50. The van der Waals surface area contributed by atoms with Crippen molar-refractivity contribution in [3.05, 3.63) is 52.8 Å². The van der Waals surface area contributed by atoms with Crippen LogP contribution in [-0.4, -0.2) is 51.7 Å². The molecular formula is C15H9Cl2N9O3. The van der Waals surface area contributed by atoms with Gasteiger partial charge in [-0.2, -0.15) is 15.3 Å². The lowest BCUT2D eigenvalue weighted by Crippen LogP contribution is -2.22. The fourth-order valence-electron chi connectivity index (χ4n) is 2.47. The number of pyridine rings is 1. The highest BCUT2D eigenvalue weighted by molar-refractivity contribution is 6.32. The maximum Gasteiger partial charge on any atom is 0.341 e. The summed E-state index contributed by atoms with van der Waals surface area (Å²) in [7, 11) is 0. The summed E-state index contributed by atoms with van der Waals surface area (Å²) in [6.07, 6.45) is 6.80. The molecule has 4 aromatic rings. The zero-order chi connectivity index (χ0) is 20.5.